The summed E-state index contributed by atoms with van der Waals surface area (Å²) in [5, 5.41) is 14.2. The molecule has 7 heteroatoms. The van der Waals surface area contributed by atoms with Crippen LogP contribution in [0.15, 0.2) is 72.8 Å². The molecule has 0 saturated heterocycles. The van der Waals surface area contributed by atoms with Crippen molar-refractivity contribution >= 4 is 18.0 Å². The molecule has 0 heterocycles. The van der Waals surface area contributed by atoms with Gasteiger partial charge in [0.15, 0.2) is 0 Å². The molecule has 3 aromatic rings. The predicted octanol–water partition coefficient (Wildman–Crippen LogP) is 3.47. The zero-order chi connectivity index (χ0) is 23.2. The first-order valence-corrected chi connectivity index (χ1v) is 10.7. The molecule has 0 spiro atoms. The lowest BCUT2D eigenvalue weighted by atomic mass is 9.98. The van der Waals surface area contributed by atoms with E-state index in [1.165, 1.54) is 0 Å². The normalized spacial score (nSPS) is 11.9. The third kappa shape index (κ3) is 5.20. The van der Waals surface area contributed by atoms with Gasteiger partial charge in [-0.1, -0.05) is 72.8 Å². The third-order valence-electron chi connectivity index (χ3n) is 5.67. The Morgan fingerprint density at radius 2 is 1.36 bits per heavy atom. The molecule has 33 heavy (non-hydrogen) atoms. The molecule has 4 rings (SSSR count). The molecule has 2 amide bonds. The van der Waals surface area contributed by atoms with Gasteiger partial charge in [-0.3, -0.25) is 9.59 Å². The van der Waals surface area contributed by atoms with Crippen molar-refractivity contribution in [3.8, 4) is 11.1 Å². The van der Waals surface area contributed by atoms with Crippen molar-refractivity contribution in [3.63, 3.8) is 0 Å². The van der Waals surface area contributed by atoms with Gasteiger partial charge in [-0.15, -0.1) is 0 Å². The first-order valence-electron chi connectivity index (χ1n) is 10.7. The number of hydrogen-bond acceptors (Lipinski definition) is 4. The van der Waals surface area contributed by atoms with E-state index in [1.807, 2.05) is 36.4 Å². The average molecular weight is 444 g/mol. The van der Waals surface area contributed by atoms with Gasteiger partial charge in [-0.05, 0) is 33.4 Å². The van der Waals surface area contributed by atoms with Crippen molar-refractivity contribution in [2.45, 2.75) is 18.9 Å². The lowest BCUT2D eigenvalue weighted by Gasteiger charge is -2.14. The summed E-state index contributed by atoms with van der Waals surface area (Å²) in [6.07, 6.45) is -0.789. The summed E-state index contributed by atoms with van der Waals surface area (Å²) in [7, 11) is 0. The molecule has 0 bridgehead atoms. The van der Waals surface area contributed by atoms with Crippen molar-refractivity contribution < 1.29 is 24.2 Å². The van der Waals surface area contributed by atoms with Crippen LogP contribution in [0.3, 0.4) is 0 Å². The molecule has 0 unspecified atom stereocenters. The Morgan fingerprint density at radius 3 is 2.00 bits per heavy atom. The fourth-order valence-electron chi connectivity index (χ4n) is 4.12. The van der Waals surface area contributed by atoms with Crippen LogP contribution in [0.4, 0.5) is 4.79 Å². The Labute approximate surface area is 191 Å². The van der Waals surface area contributed by atoms with E-state index >= 15 is 0 Å². The SMILES string of the molecule is O=C(O)Cc1ccccc1CNC(=O)CNC(=O)OCC1c2ccccc2-c2ccccc21. The van der Waals surface area contributed by atoms with Crippen LogP contribution in [0, 0.1) is 0 Å². The van der Waals surface area contributed by atoms with Gasteiger partial charge in [0.25, 0.3) is 0 Å². The summed E-state index contributed by atoms with van der Waals surface area (Å²) in [6.45, 7) is 0.108. The molecule has 0 radical (unpaired) electrons. The first kappa shape index (κ1) is 22.1. The number of ether oxygens (including phenoxy) is 1. The number of hydrogen-bond donors (Lipinski definition) is 3. The Hall–Kier alpha value is -4.13. The summed E-state index contributed by atoms with van der Waals surface area (Å²) < 4.78 is 5.42. The van der Waals surface area contributed by atoms with E-state index in [2.05, 4.69) is 22.8 Å². The molecule has 3 aromatic carbocycles. The molecule has 0 saturated carbocycles. The summed E-state index contributed by atoms with van der Waals surface area (Å²) >= 11 is 0. The average Bonchev–Trinajstić information content (AvgIpc) is 3.14. The largest absolute Gasteiger partial charge is 0.481 e. The van der Waals surface area contributed by atoms with E-state index in [-0.39, 0.29) is 32.0 Å². The van der Waals surface area contributed by atoms with Gasteiger partial charge in [0, 0.05) is 12.5 Å². The fourth-order valence-corrected chi connectivity index (χ4v) is 4.12. The number of aliphatic carboxylic acids is 1. The molecule has 1 aliphatic rings. The van der Waals surface area contributed by atoms with Crippen molar-refractivity contribution in [2.75, 3.05) is 13.2 Å². The van der Waals surface area contributed by atoms with Gasteiger partial charge in [-0.2, -0.15) is 0 Å². The number of benzene rings is 3. The Bertz CT molecular complexity index is 1150. The van der Waals surface area contributed by atoms with Gasteiger partial charge >= 0.3 is 12.1 Å². The zero-order valence-corrected chi connectivity index (χ0v) is 17.9. The zero-order valence-electron chi connectivity index (χ0n) is 17.9. The first-order chi connectivity index (χ1) is 16.0. The fraction of sp³-hybridized carbons (Fsp3) is 0.192. The highest BCUT2D eigenvalue weighted by Crippen LogP contribution is 2.44. The number of nitrogens with one attached hydrogen (secondary N) is 2. The smallest absolute Gasteiger partial charge is 0.407 e. The van der Waals surface area contributed by atoms with Crippen LogP contribution in [-0.4, -0.2) is 36.2 Å². The molecular weight excluding hydrogens is 420 g/mol. The second kappa shape index (κ2) is 9.99. The van der Waals surface area contributed by atoms with Gasteiger partial charge < -0.3 is 20.5 Å². The van der Waals surface area contributed by atoms with Gasteiger partial charge in [-0.25, -0.2) is 4.79 Å². The number of carbonyl (C=O) groups is 3. The minimum atomic E-state index is -0.939. The number of carbonyl (C=O) groups excluding carboxylic acids is 2. The van der Waals surface area contributed by atoms with Crippen molar-refractivity contribution in [3.05, 3.63) is 95.1 Å². The van der Waals surface area contributed by atoms with Gasteiger partial charge in [0.1, 0.15) is 13.2 Å². The van der Waals surface area contributed by atoms with Crippen LogP contribution < -0.4 is 10.6 Å². The van der Waals surface area contributed by atoms with Crippen LogP contribution in [-0.2, 0) is 27.3 Å². The van der Waals surface area contributed by atoms with Gasteiger partial charge in [0.05, 0.1) is 6.42 Å². The topological polar surface area (TPSA) is 105 Å². The third-order valence-corrected chi connectivity index (χ3v) is 5.67. The van der Waals surface area contributed by atoms with Crippen molar-refractivity contribution in [1.29, 1.82) is 0 Å². The Kier molecular flexibility index (Phi) is 6.69. The second-order valence-electron chi connectivity index (χ2n) is 7.80. The van der Waals surface area contributed by atoms with Crippen LogP contribution in [0.25, 0.3) is 11.1 Å². The summed E-state index contributed by atoms with van der Waals surface area (Å²) in [5.41, 5.74) is 5.87. The number of carboxylic acid groups (broad SMARTS) is 1. The summed E-state index contributed by atoms with van der Waals surface area (Å²) in [6, 6.07) is 23.1. The highest BCUT2D eigenvalue weighted by atomic mass is 16.5. The molecule has 3 N–H and O–H groups in total. The molecular formula is C26H24N2O5. The molecule has 0 fully saturated rings. The monoisotopic (exact) mass is 444 g/mol. The highest BCUT2D eigenvalue weighted by molar-refractivity contribution is 5.82. The minimum Gasteiger partial charge on any atom is -0.481 e. The van der Waals surface area contributed by atoms with E-state index in [4.69, 9.17) is 9.84 Å². The minimum absolute atomic E-state index is 0.0530. The van der Waals surface area contributed by atoms with Crippen molar-refractivity contribution in [2.24, 2.45) is 0 Å². The van der Waals surface area contributed by atoms with E-state index in [1.54, 1.807) is 24.3 Å². The highest BCUT2D eigenvalue weighted by Gasteiger charge is 2.29. The van der Waals surface area contributed by atoms with E-state index in [0.29, 0.717) is 5.56 Å². The number of fused-ring (bicyclic) bond motifs is 3. The summed E-state index contributed by atoms with van der Waals surface area (Å²) in [5.74, 6) is -1.39. The molecule has 0 aliphatic heterocycles. The van der Waals surface area contributed by atoms with Crippen LogP contribution in [0.5, 0.6) is 0 Å². The standard InChI is InChI=1S/C26H24N2O5/c29-24(27-14-18-8-2-1-7-17(18)13-25(30)31)15-28-26(32)33-16-23-21-11-5-3-9-19(21)20-10-4-6-12-22(20)23/h1-12,23H,13-16H2,(H,27,29)(H,28,32)(H,30,31). The second-order valence-corrected chi connectivity index (χ2v) is 7.80. The van der Waals surface area contributed by atoms with Gasteiger partial charge in [0.2, 0.25) is 5.91 Å². The number of alkyl carbamates (subject to hydrolysis) is 1. The lowest BCUT2D eigenvalue weighted by Crippen LogP contribution is -2.37. The number of rotatable bonds is 8. The number of carboxylic acids is 1. The van der Waals surface area contributed by atoms with Crippen molar-refractivity contribution in [1.82, 2.24) is 10.6 Å². The summed E-state index contributed by atoms with van der Waals surface area (Å²) in [4.78, 5) is 35.3. The van der Waals surface area contributed by atoms with Crippen LogP contribution in [0.1, 0.15) is 28.2 Å². The van der Waals surface area contributed by atoms with E-state index in [9.17, 15) is 14.4 Å². The maximum Gasteiger partial charge on any atom is 0.407 e. The maximum absolute atomic E-state index is 12.2. The quantitative estimate of drug-likeness (QED) is 0.494. The van der Waals surface area contributed by atoms with Crippen LogP contribution in [0.2, 0.25) is 0 Å². The predicted molar refractivity (Wildman–Crippen MR) is 123 cm³/mol. The molecule has 1 aliphatic carbocycles. The lowest BCUT2D eigenvalue weighted by molar-refractivity contribution is -0.136. The number of amides is 2. The molecule has 7 nitrogen and oxygen atoms in total. The Balaban J connectivity index is 1.27. The maximum atomic E-state index is 12.2. The molecule has 0 atom stereocenters. The molecule has 0 aromatic heterocycles. The van der Waals surface area contributed by atoms with Crippen LogP contribution >= 0.6 is 0 Å². The Morgan fingerprint density at radius 1 is 0.788 bits per heavy atom. The van der Waals surface area contributed by atoms with E-state index in [0.717, 1.165) is 27.8 Å². The van der Waals surface area contributed by atoms with E-state index < -0.39 is 18.0 Å². The molecule has 168 valence electrons.